The van der Waals surface area contributed by atoms with Crippen LogP contribution in [0.2, 0.25) is 5.02 Å². The zero-order valence-electron chi connectivity index (χ0n) is 20.4. The Labute approximate surface area is 217 Å². The molecule has 0 atom stereocenters. The molecule has 0 aromatic heterocycles. The van der Waals surface area contributed by atoms with Gasteiger partial charge in [0.1, 0.15) is 5.75 Å². The highest BCUT2D eigenvalue weighted by Gasteiger charge is 2.27. The molecule has 1 amide bonds. The zero-order valence-corrected chi connectivity index (χ0v) is 22.0. The summed E-state index contributed by atoms with van der Waals surface area (Å²) in [6.07, 6.45) is 0.628. The third-order valence-electron chi connectivity index (χ3n) is 6.42. The van der Waals surface area contributed by atoms with E-state index < -0.39 is 10.0 Å². The molecule has 0 spiro atoms. The van der Waals surface area contributed by atoms with E-state index >= 15 is 0 Å². The number of carbonyl (C=O) groups is 1. The van der Waals surface area contributed by atoms with Crippen molar-refractivity contribution in [3.63, 3.8) is 0 Å². The highest BCUT2D eigenvalue weighted by molar-refractivity contribution is 7.89. The topological polar surface area (TPSA) is 70.2 Å². The molecule has 9 heteroatoms. The van der Waals surface area contributed by atoms with Crippen molar-refractivity contribution in [3.8, 4) is 5.75 Å². The van der Waals surface area contributed by atoms with Crippen molar-refractivity contribution >= 4 is 33.2 Å². The minimum Gasteiger partial charge on any atom is -0.495 e. The predicted octanol–water partition coefficient (Wildman–Crippen LogP) is 4.17. The second kappa shape index (κ2) is 11.3. The molecule has 1 saturated heterocycles. The molecule has 0 radical (unpaired) electrons. The van der Waals surface area contributed by atoms with E-state index in [0.29, 0.717) is 61.2 Å². The van der Waals surface area contributed by atoms with Gasteiger partial charge in [-0.15, -0.1) is 0 Å². The minimum atomic E-state index is -3.68. The second-order valence-electron chi connectivity index (χ2n) is 8.68. The van der Waals surface area contributed by atoms with Gasteiger partial charge in [-0.2, -0.15) is 0 Å². The monoisotopic (exact) mass is 527 g/mol. The lowest BCUT2D eigenvalue weighted by atomic mass is 10.1. The number of rotatable bonds is 8. The van der Waals surface area contributed by atoms with Gasteiger partial charge in [0.15, 0.2) is 0 Å². The Balaban J connectivity index is 1.46. The summed E-state index contributed by atoms with van der Waals surface area (Å²) in [5.41, 5.74) is 2.38. The van der Waals surface area contributed by atoms with Gasteiger partial charge < -0.3 is 14.5 Å². The largest absolute Gasteiger partial charge is 0.495 e. The van der Waals surface area contributed by atoms with Gasteiger partial charge in [-0.1, -0.05) is 41.9 Å². The van der Waals surface area contributed by atoms with E-state index in [-0.39, 0.29) is 10.8 Å². The van der Waals surface area contributed by atoms with Crippen LogP contribution in [0, 0.1) is 0 Å². The fourth-order valence-electron chi connectivity index (χ4n) is 4.23. The molecule has 0 bridgehead atoms. The van der Waals surface area contributed by atoms with Gasteiger partial charge in [-0.05, 0) is 54.4 Å². The van der Waals surface area contributed by atoms with Crippen molar-refractivity contribution in [2.24, 2.45) is 0 Å². The average Bonchev–Trinajstić information content (AvgIpc) is 2.92. The van der Waals surface area contributed by atoms with Crippen molar-refractivity contribution in [1.82, 2.24) is 9.21 Å². The summed E-state index contributed by atoms with van der Waals surface area (Å²) in [5.74, 6) is 0.549. The minimum absolute atomic E-state index is 0.0466. The molecule has 1 fully saturated rings. The first kappa shape index (κ1) is 26.0. The molecule has 3 aromatic carbocycles. The Morgan fingerprint density at radius 1 is 0.972 bits per heavy atom. The van der Waals surface area contributed by atoms with Crippen LogP contribution < -0.4 is 9.64 Å². The van der Waals surface area contributed by atoms with Crippen molar-refractivity contribution in [1.29, 1.82) is 0 Å². The molecule has 0 N–H and O–H groups in total. The van der Waals surface area contributed by atoms with E-state index in [1.807, 2.05) is 30.3 Å². The molecule has 1 aliphatic heterocycles. The molecule has 3 aromatic rings. The van der Waals surface area contributed by atoms with Crippen LogP contribution in [0.15, 0.2) is 77.7 Å². The number of carbonyl (C=O) groups excluding carboxylic acids is 1. The van der Waals surface area contributed by atoms with Crippen molar-refractivity contribution in [2.75, 3.05) is 51.8 Å². The van der Waals surface area contributed by atoms with Gasteiger partial charge in [0, 0.05) is 50.4 Å². The lowest BCUT2D eigenvalue weighted by molar-refractivity contribution is 0.0746. The smallest absolute Gasteiger partial charge is 0.253 e. The van der Waals surface area contributed by atoms with Gasteiger partial charge in [0.25, 0.3) is 5.91 Å². The van der Waals surface area contributed by atoms with E-state index in [1.165, 1.54) is 4.31 Å². The number of hydrogen-bond acceptors (Lipinski definition) is 5. The number of ether oxygens (including phenoxy) is 1. The van der Waals surface area contributed by atoms with Crippen LogP contribution in [-0.2, 0) is 16.4 Å². The number of methoxy groups -OCH3 is 1. The fraction of sp³-hybridized carbons (Fsp3) is 0.296. The van der Waals surface area contributed by atoms with E-state index in [1.54, 1.807) is 61.5 Å². The molecule has 4 rings (SSSR count). The number of anilines is 1. The fourth-order valence-corrected chi connectivity index (χ4v) is 5.55. The van der Waals surface area contributed by atoms with Gasteiger partial charge in [0.05, 0.1) is 17.7 Å². The van der Waals surface area contributed by atoms with E-state index in [2.05, 4.69) is 4.90 Å². The third kappa shape index (κ3) is 5.83. The number of sulfonamides is 1. The Bertz CT molecular complexity index is 1290. The lowest BCUT2D eigenvalue weighted by Crippen LogP contribution is -2.49. The highest BCUT2D eigenvalue weighted by atomic mass is 35.5. The Morgan fingerprint density at radius 2 is 1.64 bits per heavy atom. The molecular formula is C27H30ClN3O4S. The lowest BCUT2D eigenvalue weighted by Gasteiger charge is -2.37. The third-order valence-corrected chi connectivity index (χ3v) is 8.52. The highest BCUT2D eigenvalue weighted by Crippen LogP contribution is 2.33. The normalized spacial score (nSPS) is 14.2. The first-order chi connectivity index (χ1) is 17.3. The molecule has 1 heterocycles. The molecule has 1 aliphatic rings. The maximum Gasteiger partial charge on any atom is 0.253 e. The van der Waals surface area contributed by atoms with Gasteiger partial charge in [-0.25, -0.2) is 12.7 Å². The van der Waals surface area contributed by atoms with Crippen molar-refractivity contribution in [3.05, 3.63) is 88.9 Å². The molecular weight excluding hydrogens is 498 g/mol. The van der Waals surface area contributed by atoms with Crippen LogP contribution in [0.25, 0.3) is 0 Å². The van der Waals surface area contributed by atoms with Crippen LogP contribution in [0.3, 0.4) is 0 Å². The van der Waals surface area contributed by atoms with E-state index in [9.17, 15) is 13.2 Å². The van der Waals surface area contributed by atoms with Crippen molar-refractivity contribution < 1.29 is 17.9 Å². The summed E-state index contributed by atoms with van der Waals surface area (Å²) >= 11 is 5.94. The van der Waals surface area contributed by atoms with Gasteiger partial charge in [0.2, 0.25) is 10.0 Å². The summed E-state index contributed by atoms with van der Waals surface area (Å²) in [7, 11) is -0.514. The number of benzene rings is 3. The molecule has 0 aliphatic carbocycles. The van der Waals surface area contributed by atoms with E-state index in [0.717, 1.165) is 5.56 Å². The summed E-state index contributed by atoms with van der Waals surface area (Å²) in [4.78, 5) is 16.9. The van der Waals surface area contributed by atoms with Crippen LogP contribution in [-0.4, -0.2) is 70.4 Å². The Hall–Kier alpha value is -3.07. The zero-order chi connectivity index (χ0) is 25.7. The molecule has 0 saturated carbocycles. The summed E-state index contributed by atoms with van der Waals surface area (Å²) in [6.45, 7) is 2.52. The summed E-state index contributed by atoms with van der Waals surface area (Å²) in [6, 6.07) is 21.6. The van der Waals surface area contributed by atoms with Crippen LogP contribution in [0.4, 0.5) is 5.69 Å². The molecule has 190 valence electrons. The summed E-state index contributed by atoms with van der Waals surface area (Å²) < 4.78 is 33.6. The van der Waals surface area contributed by atoms with Gasteiger partial charge >= 0.3 is 0 Å². The van der Waals surface area contributed by atoms with Crippen molar-refractivity contribution in [2.45, 2.75) is 11.3 Å². The summed E-state index contributed by atoms with van der Waals surface area (Å²) in [5, 5.41) is 0.587. The maximum atomic E-state index is 13.3. The van der Waals surface area contributed by atoms with E-state index in [4.69, 9.17) is 16.3 Å². The predicted molar refractivity (Wildman–Crippen MR) is 143 cm³/mol. The molecule has 36 heavy (non-hydrogen) atoms. The molecule has 7 nitrogen and oxygen atoms in total. The SMILES string of the molecule is COc1ccc(S(=O)(=O)N(C)CCc2ccccc2)cc1N1CCN(C(=O)c2ccc(Cl)cc2)CC1. The number of halogens is 1. The Morgan fingerprint density at radius 3 is 2.28 bits per heavy atom. The van der Waals surface area contributed by atoms with Crippen LogP contribution >= 0.6 is 11.6 Å². The number of amides is 1. The second-order valence-corrected chi connectivity index (χ2v) is 11.2. The standard InChI is InChI=1S/C27H30ClN3O4S/c1-29(15-14-21-6-4-3-5-7-21)36(33,34)24-12-13-26(35-2)25(20-24)30-16-18-31(19-17-30)27(32)22-8-10-23(28)11-9-22/h3-13,20H,14-19H2,1-2H3. The molecule has 0 unspecified atom stereocenters. The maximum absolute atomic E-state index is 13.3. The Kier molecular flexibility index (Phi) is 8.18. The number of nitrogens with zero attached hydrogens (tertiary/aromatic N) is 3. The number of piperazine rings is 1. The first-order valence-corrected chi connectivity index (χ1v) is 13.6. The quantitative estimate of drug-likeness (QED) is 0.439. The van der Waals surface area contributed by atoms with Crippen LogP contribution in [0.5, 0.6) is 5.75 Å². The van der Waals surface area contributed by atoms with Gasteiger partial charge in [-0.3, -0.25) is 4.79 Å². The number of likely N-dealkylation sites (N-methyl/N-ethyl adjacent to an activating group) is 1. The number of hydrogen-bond donors (Lipinski definition) is 0. The average molecular weight is 528 g/mol. The van der Waals surface area contributed by atoms with Crippen LogP contribution in [0.1, 0.15) is 15.9 Å². The first-order valence-electron chi connectivity index (χ1n) is 11.8.